The molecule has 106 valence electrons. The maximum Gasteiger partial charge on any atom is 0.264 e. The Morgan fingerprint density at radius 3 is 2.53 bits per heavy atom. The molecule has 4 heteroatoms. The van der Waals surface area contributed by atoms with E-state index in [0.29, 0.717) is 11.8 Å². The quantitative estimate of drug-likeness (QED) is 0.797. The topological polar surface area (TPSA) is 43.4 Å². The van der Waals surface area contributed by atoms with E-state index in [0.717, 1.165) is 31.9 Å². The fourth-order valence-electron chi connectivity index (χ4n) is 2.95. The maximum atomic E-state index is 11.4. The molecule has 1 aromatic rings. The van der Waals surface area contributed by atoms with Crippen molar-refractivity contribution in [1.29, 1.82) is 0 Å². The minimum Gasteiger partial charge on any atom is -0.267 e. The lowest BCUT2D eigenvalue weighted by Crippen LogP contribution is -2.33. The molecule has 0 heterocycles. The third-order valence-electron chi connectivity index (χ3n) is 3.81. The van der Waals surface area contributed by atoms with Crippen molar-refractivity contribution in [3.8, 4) is 0 Å². The van der Waals surface area contributed by atoms with Gasteiger partial charge in [0, 0.05) is 0 Å². The zero-order chi connectivity index (χ0) is 13.9. The predicted molar refractivity (Wildman–Crippen MR) is 76.4 cm³/mol. The van der Waals surface area contributed by atoms with Crippen LogP contribution in [0.1, 0.15) is 31.7 Å². The van der Waals surface area contributed by atoms with Crippen LogP contribution in [-0.4, -0.2) is 20.8 Å². The van der Waals surface area contributed by atoms with Gasteiger partial charge in [0.2, 0.25) is 0 Å². The van der Waals surface area contributed by atoms with Gasteiger partial charge in [-0.1, -0.05) is 37.3 Å². The fourth-order valence-corrected chi connectivity index (χ4v) is 3.66. The van der Waals surface area contributed by atoms with Crippen LogP contribution in [0, 0.1) is 11.8 Å². The molecular weight excluding hydrogens is 260 g/mol. The highest BCUT2D eigenvalue weighted by Gasteiger charge is 2.31. The van der Waals surface area contributed by atoms with E-state index in [1.165, 1.54) is 5.56 Å². The summed E-state index contributed by atoms with van der Waals surface area (Å²) < 4.78 is 28.0. The van der Waals surface area contributed by atoms with Gasteiger partial charge >= 0.3 is 0 Å². The van der Waals surface area contributed by atoms with Crippen molar-refractivity contribution in [3.05, 3.63) is 35.9 Å². The monoisotopic (exact) mass is 282 g/mol. The second-order valence-electron chi connectivity index (χ2n) is 5.71. The summed E-state index contributed by atoms with van der Waals surface area (Å²) in [6.07, 6.45) is 4.80. The Balaban J connectivity index is 2.08. The molecule has 1 aliphatic rings. The molecular formula is C15H22O3S. The van der Waals surface area contributed by atoms with Crippen molar-refractivity contribution in [3.63, 3.8) is 0 Å². The van der Waals surface area contributed by atoms with Crippen LogP contribution in [0.5, 0.6) is 0 Å². The lowest BCUT2D eigenvalue weighted by atomic mass is 9.77. The van der Waals surface area contributed by atoms with E-state index in [1.54, 1.807) is 0 Å². The van der Waals surface area contributed by atoms with Crippen LogP contribution in [0.15, 0.2) is 30.3 Å². The zero-order valence-corrected chi connectivity index (χ0v) is 12.4. The highest BCUT2D eigenvalue weighted by atomic mass is 32.2. The minimum absolute atomic E-state index is 0.161. The van der Waals surface area contributed by atoms with Gasteiger partial charge in [0.25, 0.3) is 10.1 Å². The van der Waals surface area contributed by atoms with E-state index in [4.69, 9.17) is 4.18 Å². The summed E-state index contributed by atoms with van der Waals surface area (Å²) >= 11 is 0. The summed E-state index contributed by atoms with van der Waals surface area (Å²) in [5.41, 5.74) is 1.25. The van der Waals surface area contributed by atoms with Crippen LogP contribution < -0.4 is 0 Å². The first-order valence-electron chi connectivity index (χ1n) is 6.86. The molecule has 0 amide bonds. The largest absolute Gasteiger partial charge is 0.267 e. The Morgan fingerprint density at radius 2 is 1.89 bits per heavy atom. The fraction of sp³-hybridized carbons (Fsp3) is 0.600. The van der Waals surface area contributed by atoms with E-state index in [1.807, 2.05) is 18.2 Å². The molecule has 3 atom stereocenters. The highest BCUT2D eigenvalue weighted by Crippen LogP contribution is 2.34. The number of rotatable bonds is 4. The molecule has 1 saturated carbocycles. The van der Waals surface area contributed by atoms with Gasteiger partial charge in [-0.3, -0.25) is 4.18 Å². The standard InChI is InChI=1S/C15H22O3S/c1-12-8-9-15(18-19(2,16)17)14(10-12)11-13-6-4-3-5-7-13/h3-7,12,14-15H,8-11H2,1-2H3/t12-,14-,15+/m1/s1. The summed E-state index contributed by atoms with van der Waals surface area (Å²) in [4.78, 5) is 0. The van der Waals surface area contributed by atoms with Gasteiger partial charge in [-0.2, -0.15) is 8.42 Å². The van der Waals surface area contributed by atoms with Gasteiger partial charge in [0.05, 0.1) is 12.4 Å². The van der Waals surface area contributed by atoms with Crippen molar-refractivity contribution in [1.82, 2.24) is 0 Å². The van der Waals surface area contributed by atoms with Crippen LogP contribution in [0.25, 0.3) is 0 Å². The second kappa shape index (κ2) is 6.06. The molecule has 1 aromatic carbocycles. The minimum atomic E-state index is -3.37. The van der Waals surface area contributed by atoms with E-state index in [2.05, 4.69) is 19.1 Å². The molecule has 3 nitrogen and oxygen atoms in total. The Labute approximate surface area is 116 Å². The molecule has 0 N–H and O–H groups in total. The smallest absolute Gasteiger partial charge is 0.264 e. The maximum absolute atomic E-state index is 11.4. The van der Waals surface area contributed by atoms with Gasteiger partial charge in [0.15, 0.2) is 0 Å². The lowest BCUT2D eigenvalue weighted by Gasteiger charge is -2.34. The van der Waals surface area contributed by atoms with Gasteiger partial charge in [-0.25, -0.2) is 0 Å². The Morgan fingerprint density at radius 1 is 1.21 bits per heavy atom. The Kier molecular flexibility index (Phi) is 4.63. The first kappa shape index (κ1) is 14.5. The Bertz CT molecular complexity index is 495. The molecule has 1 aliphatic carbocycles. The van der Waals surface area contributed by atoms with Crippen molar-refractivity contribution in [2.45, 2.75) is 38.7 Å². The predicted octanol–water partition coefficient (Wildman–Crippen LogP) is 3.01. The molecule has 0 bridgehead atoms. The van der Waals surface area contributed by atoms with Crippen molar-refractivity contribution >= 4 is 10.1 Å². The summed E-state index contributed by atoms with van der Waals surface area (Å²) in [6.45, 7) is 2.23. The third-order valence-corrected chi connectivity index (χ3v) is 4.41. The van der Waals surface area contributed by atoms with Crippen molar-refractivity contribution in [2.24, 2.45) is 11.8 Å². The SMILES string of the molecule is C[C@@H]1CC[C@H](OS(C)(=O)=O)[C@@H](Cc2ccccc2)C1. The number of hydrogen-bond donors (Lipinski definition) is 0. The molecule has 0 unspecified atom stereocenters. The zero-order valence-electron chi connectivity index (χ0n) is 11.6. The van der Waals surface area contributed by atoms with Gasteiger partial charge in [-0.05, 0) is 43.1 Å². The molecule has 19 heavy (non-hydrogen) atoms. The van der Waals surface area contributed by atoms with E-state index < -0.39 is 10.1 Å². The summed E-state index contributed by atoms with van der Waals surface area (Å²) in [7, 11) is -3.37. The third kappa shape index (κ3) is 4.62. The van der Waals surface area contributed by atoms with E-state index in [9.17, 15) is 8.42 Å². The van der Waals surface area contributed by atoms with Crippen LogP contribution in [0.4, 0.5) is 0 Å². The van der Waals surface area contributed by atoms with E-state index >= 15 is 0 Å². The summed E-state index contributed by atoms with van der Waals surface area (Å²) in [6, 6.07) is 10.2. The van der Waals surface area contributed by atoms with Crippen molar-refractivity contribution in [2.75, 3.05) is 6.26 Å². The van der Waals surface area contributed by atoms with E-state index in [-0.39, 0.29) is 6.10 Å². The molecule has 0 spiro atoms. The van der Waals surface area contributed by atoms with Crippen LogP contribution in [0.2, 0.25) is 0 Å². The molecule has 0 radical (unpaired) electrons. The molecule has 0 aliphatic heterocycles. The molecule has 1 fully saturated rings. The Hall–Kier alpha value is -0.870. The van der Waals surface area contributed by atoms with Gasteiger partial charge in [-0.15, -0.1) is 0 Å². The van der Waals surface area contributed by atoms with Crippen molar-refractivity contribution < 1.29 is 12.6 Å². The summed E-state index contributed by atoms with van der Waals surface area (Å²) in [5, 5.41) is 0. The number of hydrogen-bond acceptors (Lipinski definition) is 3. The van der Waals surface area contributed by atoms with Crippen LogP contribution in [-0.2, 0) is 20.7 Å². The highest BCUT2D eigenvalue weighted by molar-refractivity contribution is 7.86. The van der Waals surface area contributed by atoms with Gasteiger partial charge in [0.1, 0.15) is 0 Å². The molecule has 0 saturated heterocycles. The second-order valence-corrected chi connectivity index (χ2v) is 7.31. The summed E-state index contributed by atoms with van der Waals surface area (Å²) in [5.74, 6) is 0.939. The average Bonchev–Trinajstić information content (AvgIpc) is 2.32. The normalized spacial score (nSPS) is 28.2. The molecule has 2 rings (SSSR count). The van der Waals surface area contributed by atoms with Crippen LogP contribution >= 0.6 is 0 Å². The average molecular weight is 282 g/mol. The lowest BCUT2D eigenvalue weighted by molar-refractivity contribution is 0.0793. The van der Waals surface area contributed by atoms with Crippen LogP contribution in [0.3, 0.4) is 0 Å². The molecule has 0 aromatic heterocycles. The van der Waals surface area contributed by atoms with Gasteiger partial charge < -0.3 is 0 Å². The first-order chi connectivity index (χ1) is 8.94. The number of benzene rings is 1. The first-order valence-corrected chi connectivity index (χ1v) is 8.68.